The topological polar surface area (TPSA) is 73.9 Å². The Morgan fingerprint density at radius 1 is 1.24 bits per heavy atom. The molecular weight excluding hydrogens is 274 g/mol. The van der Waals surface area contributed by atoms with Crippen LogP contribution in [-0.2, 0) is 9.53 Å². The van der Waals surface area contributed by atoms with Crippen molar-refractivity contribution in [3.05, 3.63) is 23.8 Å². The van der Waals surface area contributed by atoms with Crippen LogP contribution in [-0.4, -0.2) is 38.7 Å². The van der Waals surface area contributed by atoms with E-state index in [-0.39, 0.29) is 24.1 Å². The van der Waals surface area contributed by atoms with Gasteiger partial charge in [-0.15, -0.1) is 0 Å². The average Bonchev–Trinajstić information content (AvgIpc) is 2.51. The molecule has 1 atom stereocenters. The molecule has 0 unspecified atom stereocenters. The molecule has 6 heteroatoms. The van der Waals surface area contributed by atoms with E-state index in [2.05, 4.69) is 5.32 Å². The van der Waals surface area contributed by atoms with Crippen LogP contribution in [0.5, 0.6) is 11.5 Å². The lowest BCUT2D eigenvalue weighted by atomic mass is 10.2. The van der Waals surface area contributed by atoms with Gasteiger partial charge in [-0.05, 0) is 31.5 Å². The van der Waals surface area contributed by atoms with Gasteiger partial charge < -0.3 is 19.5 Å². The molecule has 1 aromatic rings. The molecule has 0 fully saturated rings. The third-order valence-corrected chi connectivity index (χ3v) is 2.98. The SMILES string of the molecule is CC[C@H](C)NC(=O)COC(=O)c1cc(OC)ccc1OC. The van der Waals surface area contributed by atoms with Crippen molar-refractivity contribution in [2.24, 2.45) is 0 Å². The Labute approximate surface area is 124 Å². The molecule has 0 heterocycles. The fraction of sp³-hybridized carbons (Fsp3) is 0.467. The molecule has 0 aliphatic carbocycles. The van der Waals surface area contributed by atoms with Crippen molar-refractivity contribution in [1.82, 2.24) is 5.32 Å². The molecule has 1 N–H and O–H groups in total. The Bertz CT molecular complexity index is 501. The zero-order valence-corrected chi connectivity index (χ0v) is 12.8. The highest BCUT2D eigenvalue weighted by molar-refractivity contribution is 5.94. The summed E-state index contributed by atoms with van der Waals surface area (Å²) in [5, 5.41) is 2.72. The van der Waals surface area contributed by atoms with E-state index in [9.17, 15) is 9.59 Å². The summed E-state index contributed by atoms with van der Waals surface area (Å²) < 4.78 is 15.1. The van der Waals surface area contributed by atoms with Crippen molar-refractivity contribution in [3.63, 3.8) is 0 Å². The van der Waals surface area contributed by atoms with Crippen LogP contribution in [0.1, 0.15) is 30.6 Å². The van der Waals surface area contributed by atoms with Gasteiger partial charge in [-0.3, -0.25) is 4.79 Å². The van der Waals surface area contributed by atoms with Crippen molar-refractivity contribution in [2.45, 2.75) is 26.3 Å². The zero-order chi connectivity index (χ0) is 15.8. The number of nitrogens with one attached hydrogen (secondary N) is 1. The lowest BCUT2D eigenvalue weighted by Gasteiger charge is -2.12. The maximum absolute atomic E-state index is 12.0. The fourth-order valence-electron chi connectivity index (χ4n) is 1.60. The summed E-state index contributed by atoms with van der Waals surface area (Å²) in [6, 6.07) is 4.83. The predicted octanol–water partition coefficient (Wildman–Crippen LogP) is 1.78. The first-order valence-corrected chi connectivity index (χ1v) is 6.70. The standard InChI is InChI=1S/C15H21NO5/c1-5-10(2)16-14(17)9-21-15(18)12-8-11(19-3)6-7-13(12)20-4/h6-8,10H,5,9H2,1-4H3,(H,16,17)/t10-/m0/s1. The molecule has 0 saturated carbocycles. The monoisotopic (exact) mass is 295 g/mol. The number of hydrogen-bond acceptors (Lipinski definition) is 5. The van der Waals surface area contributed by atoms with Crippen LogP contribution in [0.3, 0.4) is 0 Å². The maximum Gasteiger partial charge on any atom is 0.342 e. The predicted molar refractivity (Wildman–Crippen MR) is 77.7 cm³/mol. The van der Waals surface area contributed by atoms with Crippen LogP contribution < -0.4 is 14.8 Å². The Kier molecular flexibility index (Phi) is 6.52. The van der Waals surface area contributed by atoms with Crippen molar-refractivity contribution in [2.75, 3.05) is 20.8 Å². The number of hydrogen-bond donors (Lipinski definition) is 1. The summed E-state index contributed by atoms with van der Waals surface area (Å²) in [5.41, 5.74) is 0.216. The van der Waals surface area contributed by atoms with Crippen molar-refractivity contribution in [1.29, 1.82) is 0 Å². The van der Waals surface area contributed by atoms with Gasteiger partial charge in [0.2, 0.25) is 0 Å². The van der Waals surface area contributed by atoms with Gasteiger partial charge >= 0.3 is 5.97 Å². The normalized spacial score (nSPS) is 11.4. The molecule has 1 rings (SSSR count). The second kappa shape index (κ2) is 8.14. The minimum Gasteiger partial charge on any atom is -0.497 e. The Balaban J connectivity index is 2.69. The van der Waals surface area contributed by atoms with Gasteiger partial charge in [0, 0.05) is 6.04 Å². The molecule has 0 aliphatic rings. The molecule has 0 bridgehead atoms. The first-order valence-electron chi connectivity index (χ1n) is 6.70. The van der Waals surface area contributed by atoms with Gasteiger partial charge in [0.25, 0.3) is 5.91 Å². The molecule has 116 valence electrons. The molecule has 0 spiro atoms. The highest BCUT2D eigenvalue weighted by atomic mass is 16.5. The van der Waals surface area contributed by atoms with Gasteiger partial charge in [-0.2, -0.15) is 0 Å². The van der Waals surface area contributed by atoms with E-state index in [4.69, 9.17) is 14.2 Å². The quantitative estimate of drug-likeness (QED) is 0.776. The Morgan fingerprint density at radius 3 is 2.52 bits per heavy atom. The summed E-state index contributed by atoms with van der Waals surface area (Å²) in [6.45, 7) is 3.51. The van der Waals surface area contributed by atoms with E-state index in [1.165, 1.54) is 20.3 Å². The van der Waals surface area contributed by atoms with Crippen LogP contribution in [0.25, 0.3) is 0 Å². The smallest absolute Gasteiger partial charge is 0.342 e. The van der Waals surface area contributed by atoms with E-state index in [1.807, 2.05) is 13.8 Å². The maximum atomic E-state index is 12.0. The molecule has 0 saturated heterocycles. The second-order valence-electron chi connectivity index (χ2n) is 4.52. The average molecular weight is 295 g/mol. The largest absolute Gasteiger partial charge is 0.497 e. The molecule has 1 aromatic carbocycles. The number of amides is 1. The highest BCUT2D eigenvalue weighted by Crippen LogP contribution is 2.24. The lowest BCUT2D eigenvalue weighted by Crippen LogP contribution is -2.35. The first-order chi connectivity index (χ1) is 10.0. The van der Waals surface area contributed by atoms with Crippen molar-refractivity contribution >= 4 is 11.9 Å². The van der Waals surface area contributed by atoms with E-state index >= 15 is 0 Å². The lowest BCUT2D eigenvalue weighted by molar-refractivity contribution is -0.124. The summed E-state index contributed by atoms with van der Waals surface area (Å²) in [4.78, 5) is 23.6. The van der Waals surface area contributed by atoms with Crippen LogP contribution in [0, 0.1) is 0 Å². The molecule has 0 aliphatic heterocycles. The number of benzene rings is 1. The molecule has 0 aromatic heterocycles. The van der Waals surface area contributed by atoms with Gasteiger partial charge in [0.1, 0.15) is 17.1 Å². The molecular formula is C15H21NO5. The third kappa shape index (κ3) is 4.98. The number of esters is 1. The fourth-order valence-corrected chi connectivity index (χ4v) is 1.60. The van der Waals surface area contributed by atoms with E-state index in [0.29, 0.717) is 11.5 Å². The number of ether oxygens (including phenoxy) is 3. The minimum absolute atomic E-state index is 0.0440. The summed E-state index contributed by atoms with van der Waals surface area (Å²) in [6.07, 6.45) is 0.809. The van der Waals surface area contributed by atoms with Crippen molar-refractivity contribution in [3.8, 4) is 11.5 Å². The second-order valence-corrected chi connectivity index (χ2v) is 4.52. The Morgan fingerprint density at radius 2 is 1.95 bits per heavy atom. The number of methoxy groups -OCH3 is 2. The van der Waals surface area contributed by atoms with Gasteiger partial charge in [0.15, 0.2) is 6.61 Å². The summed E-state index contributed by atoms with van der Waals surface area (Å²) in [7, 11) is 2.95. The van der Waals surface area contributed by atoms with Crippen molar-refractivity contribution < 1.29 is 23.8 Å². The van der Waals surface area contributed by atoms with Gasteiger partial charge in [0.05, 0.1) is 14.2 Å². The van der Waals surface area contributed by atoms with Crippen LogP contribution >= 0.6 is 0 Å². The van der Waals surface area contributed by atoms with Gasteiger partial charge in [-0.1, -0.05) is 6.92 Å². The molecule has 0 radical (unpaired) electrons. The van der Waals surface area contributed by atoms with Crippen LogP contribution in [0.2, 0.25) is 0 Å². The van der Waals surface area contributed by atoms with Gasteiger partial charge in [-0.25, -0.2) is 4.79 Å². The molecule has 6 nitrogen and oxygen atoms in total. The molecule has 21 heavy (non-hydrogen) atoms. The van der Waals surface area contributed by atoms with Crippen LogP contribution in [0.15, 0.2) is 18.2 Å². The van der Waals surface area contributed by atoms with E-state index < -0.39 is 5.97 Å². The molecule has 1 amide bonds. The summed E-state index contributed by atoms with van der Waals surface area (Å²) >= 11 is 0. The van der Waals surface area contributed by atoms with E-state index in [1.54, 1.807) is 12.1 Å². The highest BCUT2D eigenvalue weighted by Gasteiger charge is 2.17. The third-order valence-electron chi connectivity index (χ3n) is 2.98. The first kappa shape index (κ1) is 16.8. The zero-order valence-electron chi connectivity index (χ0n) is 12.8. The minimum atomic E-state index is -0.634. The van der Waals surface area contributed by atoms with Crippen LogP contribution in [0.4, 0.5) is 0 Å². The number of rotatable bonds is 7. The summed E-state index contributed by atoms with van der Waals surface area (Å²) in [5.74, 6) is -0.0976. The van der Waals surface area contributed by atoms with E-state index in [0.717, 1.165) is 6.42 Å². The Hall–Kier alpha value is -2.24. The number of carbonyl (C=O) groups excluding carboxylic acids is 2. The number of carbonyl (C=O) groups is 2.